The fourth-order valence-electron chi connectivity index (χ4n) is 2.88. The van der Waals surface area contributed by atoms with Crippen molar-refractivity contribution >= 4 is 17.5 Å². The van der Waals surface area contributed by atoms with E-state index in [0.29, 0.717) is 34.2 Å². The van der Waals surface area contributed by atoms with Crippen LogP contribution in [0.5, 0.6) is 0 Å². The lowest BCUT2D eigenvalue weighted by Crippen LogP contribution is -2.25. The highest BCUT2D eigenvalue weighted by Crippen LogP contribution is 2.23. The lowest BCUT2D eigenvalue weighted by atomic mass is 10.1. The van der Waals surface area contributed by atoms with E-state index in [2.05, 4.69) is 15.4 Å². The molecule has 2 aromatic carbocycles. The van der Waals surface area contributed by atoms with Gasteiger partial charge in [0.25, 0.3) is 5.91 Å². The molecule has 5 nitrogen and oxygen atoms in total. The molecular weight excluding hydrogens is 391 g/mol. The van der Waals surface area contributed by atoms with Crippen molar-refractivity contribution in [3.63, 3.8) is 0 Å². The Hall–Kier alpha value is -3.51. The lowest BCUT2D eigenvalue weighted by molar-refractivity contribution is 0.0943. The summed E-state index contributed by atoms with van der Waals surface area (Å²) in [5, 5.41) is 7.99. The molecule has 29 heavy (non-hydrogen) atoms. The van der Waals surface area contributed by atoms with E-state index >= 15 is 0 Å². The second kappa shape index (κ2) is 8.24. The summed E-state index contributed by atoms with van der Waals surface area (Å²) in [6.07, 6.45) is 3.34. The van der Waals surface area contributed by atoms with Crippen LogP contribution in [0, 0.1) is 5.82 Å². The predicted octanol–water partition coefficient (Wildman–Crippen LogP) is 4.66. The van der Waals surface area contributed by atoms with E-state index in [-0.39, 0.29) is 11.7 Å². The standard InChI is InChI=1S/C22H16ClFN4O/c23-17-2-1-3-19(12-17)28-21(22(29)26-14-15-8-10-25-11-9-15)13-20(27-28)16-4-6-18(24)7-5-16/h1-13H,14H2,(H,26,29). The van der Waals surface area contributed by atoms with Crippen LogP contribution in [0.25, 0.3) is 16.9 Å². The van der Waals surface area contributed by atoms with E-state index in [9.17, 15) is 9.18 Å². The summed E-state index contributed by atoms with van der Waals surface area (Å²) >= 11 is 6.12. The van der Waals surface area contributed by atoms with Gasteiger partial charge >= 0.3 is 0 Å². The normalized spacial score (nSPS) is 10.7. The maximum Gasteiger partial charge on any atom is 0.270 e. The second-order valence-electron chi connectivity index (χ2n) is 6.35. The molecule has 2 heterocycles. The first-order valence-corrected chi connectivity index (χ1v) is 9.27. The number of hydrogen-bond donors (Lipinski definition) is 1. The third kappa shape index (κ3) is 4.33. The summed E-state index contributed by atoms with van der Waals surface area (Å²) in [5.74, 6) is -0.624. The molecule has 1 amide bonds. The van der Waals surface area contributed by atoms with Crippen molar-refractivity contribution in [1.82, 2.24) is 20.1 Å². The Morgan fingerprint density at radius 1 is 1.03 bits per heavy atom. The highest BCUT2D eigenvalue weighted by Gasteiger charge is 2.18. The molecule has 0 saturated heterocycles. The van der Waals surface area contributed by atoms with Crippen molar-refractivity contribution in [3.05, 3.63) is 101 Å². The van der Waals surface area contributed by atoms with Crippen molar-refractivity contribution in [2.75, 3.05) is 0 Å². The molecule has 0 unspecified atom stereocenters. The Morgan fingerprint density at radius 3 is 2.52 bits per heavy atom. The van der Waals surface area contributed by atoms with E-state index in [1.54, 1.807) is 48.8 Å². The van der Waals surface area contributed by atoms with Crippen LogP contribution in [-0.4, -0.2) is 20.7 Å². The third-order valence-electron chi connectivity index (χ3n) is 4.34. The van der Waals surface area contributed by atoms with Crippen molar-refractivity contribution in [2.45, 2.75) is 6.54 Å². The molecule has 0 aliphatic carbocycles. The van der Waals surface area contributed by atoms with Crippen LogP contribution in [0.3, 0.4) is 0 Å². The number of rotatable bonds is 5. The molecule has 0 fully saturated rings. The van der Waals surface area contributed by atoms with Crippen LogP contribution in [0.4, 0.5) is 4.39 Å². The third-order valence-corrected chi connectivity index (χ3v) is 4.57. The summed E-state index contributed by atoms with van der Waals surface area (Å²) in [5.41, 5.74) is 3.19. The fraction of sp³-hybridized carbons (Fsp3) is 0.0455. The monoisotopic (exact) mass is 406 g/mol. The van der Waals surface area contributed by atoms with Crippen LogP contribution < -0.4 is 5.32 Å². The van der Waals surface area contributed by atoms with Gasteiger partial charge < -0.3 is 5.32 Å². The highest BCUT2D eigenvalue weighted by molar-refractivity contribution is 6.30. The molecule has 7 heteroatoms. The van der Waals surface area contributed by atoms with Crippen LogP contribution >= 0.6 is 11.6 Å². The van der Waals surface area contributed by atoms with E-state index in [4.69, 9.17) is 11.6 Å². The van der Waals surface area contributed by atoms with Gasteiger partial charge in [0.2, 0.25) is 0 Å². The van der Waals surface area contributed by atoms with E-state index in [0.717, 1.165) is 5.56 Å². The molecule has 0 saturated carbocycles. The average molecular weight is 407 g/mol. The number of benzene rings is 2. The Morgan fingerprint density at radius 2 is 1.79 bits per heavy atom. The molecule has 1 N–H and O–H groups in total. The molecule has 0 aliphatic rings. The molecule has 0 radical (unpaired) electrons. The Labute approximate surface area is 171 Å². The van der Waals surface area contributed by atoms with Crippen molar-refractivity contribution < 1.29 is 9.18 Å². The first-order chi connectivity index (χ1) is 14.1. The van der Waals surface area contributed by atoms with Gasteiger partial charge in [0, 0.05) is 29.5 Å². The molecule has 0 bridgehead atoms. The summed E-state index contributed by atoms with van der Waals surface area (Å²) < 4.78 is 14.8. The number of halogens is 2. The van der Waals surface area contributed by atoms with Gasteiger partial charge in [-0.3, -0.25) is 9.78 Å². The van der Waals surface area contributed by atoms with Crippen LogP contribution in [0.2, 0.25) is 5.02 Å². The molecular formula is C22H16ClFN4O. The van der Waals surface area contributed by atoms with E-state index < -0.39 is 0 Å². The van der Waals surface area contributed by atoms with Crippen molar-refractivity contribution in [1.29, 1.82) is 0 Å². The molecule has 4 aromatic rings. The zero-order valence-electron chi connectivity index (χ0n) is 15.2. The number of carbonyl (C=O) groups is 1. The zero-order valence-corrected chi connectivity index (χ0v) is 16.0. The van der Waals surface area contributed by atoms with Gasteiger partial charge in [-0.15, -0.1) is 0 Å². The summed E-state index contributed by atoms with van der Waals surface area (Å²) in [7, 11) is 0. The van der Waals surface area contributed by atoms with Gasteiger partial charge in [-0.05, 0) is 66.2 Å². The van der Waals surface area contributed by atoms with E-state index in [1.165, 1.54) is 16.8 Å². The summed E-state index contributed by atoms with van der Waals surface area (Å²) in [4.78, 5) is 16.9. The minimum atomic E-state index is -0.335. The molecule has 2 aromatic heterocycles. The number of nitrogens with one attached hydrogen (secondary N) is 1. The molecule has 144 valence electrons. The first kappa shape index (κ1) is 18.8. The molecule has 0 aliphatic heterocycles. The van der Waals surface area contributed by atoms with Crippen LogP contribution in [0.1, 0.15) is 16.1 Å². The summed E-state index contributed by atoms with van der Waals surface area (Å²) in [6.45, 7) is 0.355. The maximum absolute atomic E-state index is 13.3. The molecule has 4 rings (SSSR count). The Kier molecular flexibility index (Phi) is 5.35. The number of nitrogens with zero attached hydrogens (tertiary/aromatic N) is 3. The SMILES string of the molecule is O=C(NCc1ccncc1)c1cc(-c2ccc(F)cc2)nn1-c1cccc(Cl)c1. The maximum atomic E-state index is 13.3. The largest absolute Gasteiger partial charge is 0.347 e. The number of pyridine rings is 1. The second-order valence-corrected chi connectivity index (χ2v) is 6.79. The fourth-order valence-corrected chi connectivity index (χ4v) is 3.07. The van der Waals surface area contributed by atoms with E-state index in [1.807, 2.05) is 18.2 Å². The van der Waals surface area contributed by atoms with Gasteiger partial charge in [0.15, 0.2) is 0 Å². The van der Waals surface area contributed by atoms with Gasteiger partial charge in [-0.1, -0.05) is 17.7 Å². The van der Waals surface area contributed by atoms with Gasteiger partial charge in [-0.25, -0.2) is 9.07 Å². The number of aromatic nitrogens is 3. The minimum Gasteiger partial charge on any atom is -0.347 e. The van der Waals surface area contributed by atoms with Crippen molar-refractivity contribution in [2.24, 2.45) is 0 Å². The number of amides is 1. The topological polar surface area (TPSA) is 59.8 Å². The van der Waals surface area contributed by atoms with Gasteiger partial charge in [0.1, 0.15) is 11.5 Å². The zero-order chi connectivity index (χ0) is 20.2. The van der Waals surface area contributed by atoms with Crippen LogP contribution in [0.15, 0.2) is 79.1 Å². The first-order valence-electron chi connectivity index (χ1n) is 8.89. The van der Waals surface area contributed by atoms with Crippen molar-refractivity contribution in [3.8, 4) is 16.9 Å². The average Bonchev–Trinajstić information content (AvgIpc) is 3.19. The Balaban J connectivity index is 1.70. The molecule has 0 spiro atoms. The summed E-state index contributed by atoms with van der Waals surface area (Å²) in [6, 6.07) is 18.4. The molecule has 0 atom stereocenters. The van der Waals surface area contributed by atoms with Gasteiger partial charge in [-0.2, -0.15) is 5.10 Å². The predicted molar refractivity (Wildman–Crippen MR) is 109 cm³/mol. The Bertz CT molecular complexity index is 1140. The smallest absolute Gasteiger partial charge is 0.270 e. The quantitative estimate of drug-likeness (QED) is 0.524. The minimum absolute atomic E-state index is 0.289. The highest BCUT2D eigenvalue weighted by atomic mass is 35.5. The number of hydrogen-bond acceptors (Lipinski definition) is 3. The lowest BCUT2D eigenvalue weighted by Gasteiger charge is -2.08. The van der Waals surface area contributed by atoms with Crippen LogP contribution in [-0.2, 0) is 6.54 Å². The number of carbonyl (C=O) groups excluding carboxylic acids is 1. The van der Waals surface area contributed by atoms with Gasteiger partial charge in [0.05, 0.1) is 11.4 Å².